The van der Waals surface area contributed by atoms with Crippen molar-refractivity contribution in [2.75, 3.05) is 26.9 Å². The Morgan fingerprint density at radius 2 is 1.85 bits per heavy atom. The predicted molar refractivity (Wildman–Crippen MR) is 127 cm³/mol. The molecule has 0 aromatic heterocycles. The molecule has 0 aromatic carbocycles. The highest BCUT2D eigenvalue weighted by atomic mass is 16.5. The van der Waals surface area contributed by atoms with Crippen LogP contribution in [0.15, 0.2) is 17.3 Å². The number of nitrogens with zero attached hydrogens (tertiary/aromatic N) is 2. The SMILES string of the molecule is C=C1CCCC2(CO/C(=N\NC(=O)C(=O)C(NC(=O)C3CCCCC3)C3CCOCC3)N2C)C1. The summed E-state index contributed by atoms with van der Waals surface area (Å²) in [5, 5.41) is 7.05. The molecule has 0 aromatic rings. The van der Waals surface area contributed by atoms with Crippen LogP contribution < -0.4 is 10.7 Å². The maximum atomic E-state index is 13.2. The van der Waals surface area contributed by atoms with E-state index >= 15 is 0 Å². The summed E-state index contributed by atoms with van der Waals surface area (Å²) in [6.07, 6.45) is 9.95. The molecular weight excluding hydrogens is 436 g/mol. The number of Topliss-reactive ketones (excluding diaryl/α,β-unsaturated/α-hetero) is 1. The van der Waals surface area contributed by atoms with E-state index in [9.17, 15) is 14.4 Å². The zero-order chi connectivity index (χ0) is 24.1. The van der Waals surface area contributed by atoms with Crippen molar-refractivity contribution < 1.29 is 23.9 Å². The Kier molecular flexibility index (Phi) is 7.91. The number of amidine groups is 1. The van der Waals surface area contributed by atoms with Gasteiger partial charge >= 0.3 is 11.9 Å². The Morgan fingerprint density at radius 1 is 1.12 bits per heavy atom. The fraction of sp³-hybridized carbons (Fsp3) is 0.760. The van der Waals surface area contributed by atoms with Crippen LogP contribution >= 0.6 is 0 Å². The molecule has 2 atom stereocenters. The summed E-state index contributed by atoms with van der Waals surface area (Å²) in [5.74, 6) is -1.84. The quantitative estimate of drug-likeness (QED) is 0.347. The van der Waals surface area contributed by atoms with Crippen molar-refractivity contribution in [3.05, 3.63) is 12.2 Å². The number of ketones is 1. The fourth-order valence-electron chi connectivity index (χ4n) is 5.80. The first-order valence-electron chi connectivity index (χ1n) is 12.7. The van der Waals surface area contributed by atoms with E-state index in [1.807, 2.05) is 11.9 Å². The number of nitrogens with one attached hydrogen (secondary N) is 2. The minimum atomic E-state index is -0.867. The van der Waals surface area contributed by atoms with Crippen LogP contribution in [0.2, 0.25) is 0 Å². The number of carbonyl (C=O) groups is 3. The lowest BCUT2D eigenvalue weighted by atomic mass is 9.79. The third kappa shape index (κ3) is 5.45. The Balaban J connectivity index is 1.40. The topological polar surface area (TPSA) is 109 Å². The van der Waals surface area contributed by atoms with Crippen LogP contribution in [0, 0.1) is 11.8 Å². The van der Waals surface area contributed by atoms with Gasteiger partial charge in [-0.15, -0.1) is 5.10 Å². The normalized spacial score (nSPS) is 28.6. The van der Waals surface area contributed by atoms with E-state index < -0.39 is 17.7 Å². The number of hydrazone groups is 1. The van der Waals surface area contributed by atoms with Gasteiger partial charge in [-0.3, -0.25) is 14.4 Å². The van der Waals surface area contributed by atoms with Crippen LogP contribution in [-0.4, -0.2) is 67.0 Å². The summed E-state index contributed by atoms with van der Waals surface area (Å²) in [4.78, 5) is 40.9. The number of rotatable bonds is 6. The molecule has 2 heterocycles. The number of likely N-dealkylation sites (N-methyl/N-ethyl adjacent to an activating group) is 1. The maximum absolute atomic E-state index is 13.2. The first-order chi connectivity index (χ1) is 16.4. The van der Waals surface area contributed by atoms with Crippen LogP contribution in [-0.2, 0) is 23.9 Å². The highest BCUT2D eigenvalue weighted by Crippen LogP contribution is 2.39. The largest absolute Gasteiger partial charge is 0.461 e. The van der Waals surface area contributed by atoms with Gasteiger partial charge in [-0.25, -0.2) is 5.43 Å². The Bertz CT molecular complexity index is 831. The summed E-state index contributed by atoms with van der Waals surface area (Å²) < 4.78 is 11.2. The van der Waals surface area contributed by atoms with Crippen LogP contribution in [0.3, 0.4) is 0 Å². The number of carbonyl (C=O) groups excluding carboxylic acids is 3. The van der Waals surface area contributed by atoms with Gasteiger partial charge in [0.2, 0.25) is 11.7 Å². The van der Waals surface area contributed by atoms with Crippen LogP contribution in [0.25, 0.3) is 0 Å². The Morgan fingerprint density at radius 3 is 2.56 bits per heavy atom. The predicted octanol–water partition coefficient (Wildman–Crippen LogP) is 2.27. The molecule has 9 nitrogen and oxygen atoms in total. The number of amides is 2. The second-order valence-electron chi connectivity index (χ2n) is 10.3. The van der Waals surface area contributed by atoms with Crippen LogP contribution in [0.5, 0.6) is 0 Å². The molecule has 2 N–H and O–H groups in total. The standard InChI is InChI=1S/C25H38N4O5/c1-17-7-6-12-25(15-17)16-34-24(29(25)2)28-27-23(32)21(30)20(18-10-13-33-14-11-18)26-22(31)19-8-4-3-5-9-19/h18-20H,1,3-16H2,2H3,(H,26,31)(H,27,32)/b28-24-. The van der Waals surface area contributed by atoms with Crippen molar-refractivity contribution in [1.29, 1.82) is 0 Å². The van der Waals surface area contributed by atoms with E-state index in [1.165, 1.54) is 5.57 Å². The molecule has 2 saturated carbocycles. The molecule has 1 spiro atoms. The van der Waals surface area contributed by atoms with E-state index in [0.717, 1.165) is 57.8 Å². The molecule has 0 bridgehead atoms. The molecule has 4 fully saturated rings. The minimum Gasteiger partial charge on any atom is -0.461 e. The monoisotopic (exact) mass is 474 g/mol. The highest BCUT2D eigenvalue weighted by Gasteiger charge is 2.46. The number of hydrogen-bond donors (Lipinski definition) is 2. The molecule has 188 valence electrons. The first-order valence-corrected chi connectivity index (χ1v) is 12.7. The smallest absolute Gasteiger partial charge is 0.309 e. The molecule has 4 rings (SSSR count). The average Bonchev–Trinajstić information content (AvgIpc) is 3.15. The van der Waals surface area contributed by atoms with Crippen molar-refractivity contribution >= 4 is 23.6 Å². The van der Waals surface area contributed by atoms with Gasteiger partial charge in [-0.1, -0.05) is 31.4 Å². The zero-order valence-corrected chi connectivity index (χ0v) is 20.3. The summed E-state index contributed by atoms with van der Waals surface area (Å²) >= 11 is 0. The second-order valence-corrected chi connectivity index (χ2v) is 10.3. The molecule has 2 unspecified atom stereocenters. The van der Waals surface area contributed by atoms with Gasteiger partial charge in [0.1, 0.15) is 12.6 Å². The van der Waals surface area contributed by atoms with Gasteiger partial charge in [0.25, 0.3) is 0 Å². The van der Waals surface area contributed by atoms with E-state index in [1.54, 1.807) is 0 Å². The van der Waals surface area contributed by atoms with Gasteiger partial charge in [0.05, 0.1) is 5.54 Å². The fourth-order valence-corrected chi connectivity index (χ4v) is 5.80. The van der Waals surface area contributed by atoms with E-state index in [-0.39, 0.29) is 23.3 Å². The van der Waals surface area contributed by atoms with Crippen molar-refractivity contribution in [1.82, 2.24) is 15.6 Å². The summed E-state index contributed by atoms with van der Waals surface area (Å²) in [6.45, 7) is 5.65. The molecule has 2 saturated heterocycles. The van der Waals surface area contributed by atoms with Crippen molar-refractivity contribution in [3.63, 3.8) is 0 Å². The molecular formula is C25H38N4O5. The van der Waals surface area contributed by atoms with E-state index in [4.69, 9.17) is 9.47 Å². The van der Waals surface area contributed by atoms with Crippen molar-refractivity contribution in [3.8, 4) is 0 Å². The maximum Gasteiger partial charge on any atom is 0.309 e. The molecule has 34 heavy (non-hydrogen) atoms. The van der Waals surface area contributed by atoms with Crippen molar-refractivity contribution in [2.45, 2.75) is 82.2 Å². The summed E-state index contributed by atoms with van der Waals surface area (Å²) in [6, 6.07) is -0.571. The van der Waals surface area contributed by atoms with Gasteiger partial charge in [0, 0.05) is 26.2 Å². The lowest BCUT2D eigenvalue weighted by molar-refractivity contribution is -0.142. The van der Waals surface area contributed by atoms with Gasteiger partial charge < -0.3 is 19.7 Å². The number of hydrogen-bond acceptors (Lipinski definition) is 6. The minimum absolute atomic E-state index is 0.0887. The number of ether oxygens (including phenoxy) is 2. The van der Waals surface area contributed by atoms with Crippen LogP contribution in [0.4, 0.5) is 0 Å². The molecule has 0 radical (unpaired) electrons. The molecule has 2 aliphatic heterocycles. The van der Waals surface area contributed by atoms with Crippen LogP contribution in [0.1, 0.15) is 70.6 Å². The van der Waals surface area contributed by atoms with E-state index in [2.05, 4.69) is 22.4 Å². The van der Waals surface area contributed by atoms with Gasteiger partial charge in [-0.05, 0) is 57.3 Å². The van der Waals surface area contributed by atoms with Gasteiger partial charge in [-0.2, -0.15) is 0 Å². The average molecular weight is 475 g/mol. The Hall–Kier alpha value is -2.42. The Labute approximate surface area is 201 Å². The summed E-state index contributed by atoms with van der Waals surface area (Å²) in [7, 11) is 1.90. The zero-order valence-electron chi connectivity index (χ0n) is 20.3. The molecule has 2 amide bonds. The van der Waals surface area contributed by atoms with Gasteiger partial charge in [0.15, 0.2) is 0 Å². The third-order valence-corrected chi connectivity index (χ3v) is 7.99. The molecule has 9 heteroatoms. The molecule has 4 aliphatic rings. The third-order valence-electron chi connectivity index (χ3n) is 7.99. The second kappa shape index (κ2) is 10.9. The highest BCUT2D eigenvalue weighted by molar-refractivity contribution is 6.38. The van der Waals surface area contributed by atoms with E-state index in [0.29, 0.717) is 38.7 Å². The molecule has 2 aliphatic carbocycles. The van der Waals surface area contributed by atoms with Crippen molar-refractivity contribution in [2.24, 2.45) is 16.9 Å². The first kappa shape index (κ1) is 24.7. The lowest BCUT2D eigenvalue weighted by Crippen LogP contribution is -2.53. The summed E-state index contributed by atoms with van der Waals surface area (Å²) in [5.41, 5.74) is 3.39. The lowest BCUT2D eigenvalue weighted by Gasteiger charge is -2.38.